The number of anilines is 2. The topological polar surface area (TPSA) is 114 Å². The van der Waals surface area contributed by atoms with Crippen molar-refractivity contribution in [1.82, 2.24) is 19.5 Å². The molecule has 2 aromatic heterocycles. The molecule has 5 N–H and O–H groups in total. The molecule has 3 unspecified atom stereocenters. The molecule has 170 valence electrons. The standard InChI is InChI=1S/C24H33N7O/c25-17-10-11-19(20(32)14-17)28-24-29-22(26-13-12-16-6-2-1-3-7-16)21-23(30-24)31(15-27-21)18-8-4-5-9-18/h1-3,6-7,15,17-20,32H,4-5,8-14,25H2,(H2,26,28,29,30). The number of nitrogens with two attached hydrogens (primary N) is 1. The fourth-order valence-corrected chi connectivity index (χ4v) is 5.04. The van der Waals surface area contributed by atoms with Gasteiger partial charge in [0.15, 0.2) is 17.0 Å². The van der Waals surface area contributed by atoms with Crippen molar-refractivity contribution in [2.24, 2.45) is 5.73 Å². The van der Waals surface area contributed by atoms with Gasteiger partial charge >= 0.3 is 0 Å². The molecule has 0 spiro atoms. The Balaban J connectivity index is 1.41. The van der Waals surface area contributed by atoms with Crippen molar-refractivity contribution >= 4 is 22.9 Å². The van der Waals surface area contributed by atoms with E-state index in [-0.39, 0.29) is 12.1 Å². The van der Waals surface area contributed by atoms with Crippen molar-refractivity contribution in [3.05, 3.63) is 42.2 Å². The molecule has 8 nitrogen and oxygen atoms in total. The molecular formula is C24H33N7O. The van der Waals surface area contributed by atoms with E-state index in [1.54, 1.807) is 0 Å². The molecule has 2 saturated carbocycles. The van der Waals surface area contributed by atoms with E-state index in [0.29, 0.717) is 18.4 Å². The molecule has 0 saturated heterocycles. The van der Waals surface area contributed by atoms with Crippen LogP contribution in [0, 0.1) is 0 Å². The van der Waals surface area contributed by atoms with Crippen LogP contribution in [-0.4, -0.2) is 49.4 Å². The number of nitrogens with zero attached hydrogens (tertiary/aromatic N) is 4. The highest BCUT2D eigenvalue weighted by atomic mass is 16.3. The number of imidazole rings is 1. The fourth-order valence-electron chi connectivity index (χ4n) is 5.04. The van der Waals surface area contributed by atoms with Crippen molar-refractivity contribution in [1.29, 1.82) is 0 Å². The zero-order chi connectivity index (χ0) is 21.9. The highest BCUT2D eigenvalue weighted by molar-refractivity contribution is 5.84. The summed E-state index contributed by atoms with van der Waals surface area (Å²) in [6, 6.07) is 10.8. The average molecular weight is 436 g/mol. The van der Waals surface area contributed by atoms with Crippen molar-refractivity contribution in [3.8, 4) is 0 Å². The lowest BCUT2D eigenvalue weighted by molar-refractivity contribution is 0.107. The van der Waals surface area contributed by atoms with Crippen LogP contribution in [-0.2, 0) is 6.42 Å². The summed E-state index contributed by atoms with van der Waals surface area (Å²) in [7, 11) is 0. The second-order valence-electron chi connectivity index (χ2n) is 9.21. The molecule has 2 fully saturated rings. The SMILES string of the molecule is NC1CCC(Nc2nc(NCCc3ccccc3)c3ncn(C4CCCC4)c3n2)C(O)C1. The first-order valence-corrected chi connectivity index (χ1v) is 11.9. The molecule has 2 heterocycles. The number of aliphatic hydroxyl groups excluding tert-OH is 1. The Morgan fingerprint density at radius 1 is 1.06 bits per heavy atom. The number of rotatable bonds is 7. The summed E-state index contributed by atoms with van der Waals surface area (Å²) in [4.78, 5) is 14.3. The fraction of sp³-hybridized carbons (Fsp3) is 0.542. The normalized spacial score (nSPS) is 24.1. The van der Waals surface area contributed by atoms with Crippen LogP contribution in [0.3, 0.4) is 0 Å². The van der Waals surface area contributed by atoms with Gasteiger partial charge in [-0.15, -0.1) is 0 Å². The van der Waals surface area contributed by atoms with Crippen LogP contribution in [0.2, 0.25) is 0 Å². The van der Waals surface area contributed by atoms with E-state index < -0.39 is 6.10 Å². The van der Waals surface area contributed by atoms with Crippen LogP contribution in [0.25, 0.3) is 11.2 Å². The van der Waals surface area contributed by atoms with Gasteiger partial charge in [-0.25, -0.2) is 4.98 Å². The molecule has 1 aromatic carbocycles. The molecular weight excluding hydrogens is 402 g/mol. The van der Waals surface area contributed by atoms with Gasteiger partial charge in [-0.1, -0.05) is 43.2 Å². The van der Waals surface area contributed by atoms with E-state index >= 15 is 0 Å². The number of aliphatic hydroxyl groups is 1. The van der Waals surface area contributed by atoms with Crippen LogP contribution < -0.4 is 16.4 Å². The summed E-state index contributed by atoms with van der Waals surface area (Å²) in [5.41, 5.74) is 8.96. The van der Waals surface area contributed by atoms with Crippen LogP contribution in [0.15, 0.2) is 36.7 Å². The highest BCUT2D eigenvalue weighted by Crippen LogP contribution is 2.33. The van der Waals surface area contributed by atoms with Gasteiger partial charge in [0.05, 0.1) is 18.5 Å². The predicted octanol–water partition coefficient (Wildman–Crippen LogP) is 3.25. The molecule has 0 radical (unpaired) electrons. The maximum Gasteiger partial charge on any atom is 0.227 e. The number of nitrogens with one attached hydrogen (secondary N) is 2. The van der Waals surface area contributed by atoms with E-state index in [0.717, 1.165) is 55.6 Å². The number of fused-ring (bicyclic) bond motifs is 1. The average Bonchev–Trinajstić information content (AvgIpc) is 3.46. The Morgan fingerprint density at radius 3 is 2.66 bits per heavy atom. The van der Waals surface area contributed by atoms with E-state index in [4.69, 9.17) is 15.7 Å². The van der Waals surface area contributed by atoms with E-state index in [1.807, 2.05) is 12.4 Å². The summed E-state index contributed by atoms with van der Waals surface area (Å²) in [5.74, 6) is 1.28. The quantitative estimate of drug-likeness (QED) is 0.450. The van der Waals surface area contributed by atoms with Gasteiger partial charge < -0.3 is 26.0 Å². The van der Waals surface area contributed by atoms with Crippen LogP contribution in [0.5, 0.6) is 0 Å². The van der Waals surface area contributed by atoms with Crippen molar-refractivity contribution in [3.63, 3.8) is 0 Å². The summed E-state index contributed by atoms with van der Waals surface area (Å²) in [5, 5.41) is 17.4. The van der Waals surface area contributed by atoms with Gasteiger partial charge in [-0.3, -0.25) is 0 Å². The molecule has 2 aliphatic rings. The van der Waals surface area contributed by atoms with Crippen molar-refractivity contribution in [2.75, 3.05) is 17.2 Å². The molecule has 32 heavy (non-hydrogen) atoms. The summed E-state index contributed by atoms with van der Waals surface area (Å²) in [6.45, 7) is 0.757. The first-order chi connectivity index (χ1) is 15.7. The van der Waals surface area contributed by atoms with Gasteiger partial charge in [-0.05, 0) is 44.1 Å². The number of hydrogen-bond donors (Lipinski definition) is 4. The minimum absolute atomic E-state index is 0.0606. The third-order valence-electron chi connectivity index (χ3n) is 6.86. The summed E-state index contributed by atoms with van der Waals surface area (Å²) >= 11 is 0. The van der Waals surface area contributed by atoms with Gasteiger partial charge in [0, 0.05) is 18.6 Å². The molecule has 3 atom stereocenters. The molecule has 0 amide bonds. The smallest absolute Gasteiger partial charge is 0.227 e. The molecule has 2 aliphatic carbocycles. The second kappa shape index (κ2) is 9.42. The lowest BCUT2D eigenvalue weighted by Crippen LogP contribution is -2.44. The summed E-state index contributed by atoms with van der Waals surface area (Å²) < 4.78 is 2.21. The zero-order valence-electron chi connectivity index (χ0n) is 18.5. The summed E-state index contributed by atoms with van der Waals surface area (Å²) in [6.07, 6.45) is 9.43. The predicted molar refractivity (Wildman–Crippen MR) is 127 cm³/mol. The van der Waals surface area contributed by atoms with Gasteiger partial charge in [0.2, 0.25) is 5.95 Å². The van der Waals surface area contributed by atoms with Crippen LogP contribution in [0.1, 0.15) is 56.6 Å². The molecule has 0 bridgehead atoms. The first-order valence-electron chi connectivity index (χ1n) is 11.9. The number of hydrogen-bond acceptors (Lipinski definition) is 7. The Labute approximate surface area is 188 Å². The highest BCUT2D eigenvalue weighted by Gasteiger charge is 2.28. The Kier molecular flexibility index (Phi) is 6.23. The van der Waals surface area contributed by atoms with Gasteiger partial charge in [-0.2, -0.15) is 9.97 Å². The lowest BCUT2D eigenvalue weighted by atomic mass is 9.89. The van der Waals surface area contributed by atoms with E-state index in [2.05, 4.69) is 44.5 Å². The van der Waals surface area contributed by atoms with Crippen LogP contribution in [0.4, 0.5) is 11.8 Å². The van der Waals surface area contributed by atoms with Gasteiger partial charge in [0.25, 0.3) is 0 Å². The van der Waals surface area contributed by atoms with E-state index in [1.165, 1.54) is 18.4 Å². The largest absolute Gasteiger partial charge is 0.391 e. The third-order valence-corrected chi connectivity index (χ3v) is 6.86. The number of aromatic nitrogens is 4. The molecule has 8 heteroatoms. The van der Waals surface area contributed by atoms with E-state index in [9.17, 15) is 5.11 Å². The number of benzene rings is 1. The Bertz CT molecular complexity index is 1030. The molecule has 0 aliphatic heterocycles. The molecule has 3 aromatic rings. The monoisotopic (exact) mass is 435 g/mol. The van der Waals surface area contributed by atoms with Crippen LogP contribution >= 0.6 is 0 Å². The second-order valence-corrected chi connectivity index (χ2v) is 9.21. The Hall–Kier alpha value is -2.71. The first kappa shape index (κ1) is 21.2. The minimum atomic E-state index is -0.493. The Morgan fingerprint density at radius 2 is 1.88 bits per heavy atom. The minimum Gasteiger partial charge on any atom is -0.391 e. The van der Waals surface area contributed by atoms with Gasteiger partial charge in [0.1, 0.15) is 0 Å². The zero-order valence-corrected chi connectivity index (χ0v) is 18.5. The van der Waals surface area contributed by atoms with Crippen molar-refractivity contribution in [2.45, 2.75) is 75.6 Å². The maximum atomic E-state index is 10.5. The maximum absolute atomic E-state index is 10.5. The van der Waals surface area contributed by atoms with Crippen molar-refractivity contribution < 1.29 is 5.11 Å². The molecule has 5 rings (SSSR count). The third kappa shape index (κ3) is 4.56. The lowest BCUT2D eigenvalue weighted by Gasteiger charge is -2.31.